The lowest BCUT2D eigenvalue weighted by atomic mass is 10.2. The molecule has 1 heterocycles. The molecule has 0 aromatic heterocycles. The molecule has 1 aliphatic heterocycles. The van der Waals surface area contributed by atoms with Crippen LogP contribution in [0.3, 0.4) is 0 Å². The zero-order valence-electron chi connectivity index (χ0n) is 14.4. The molecule has 9 heteroatoms. The molecule has 28 heavy (non-hydrogen) atoms. The summed E-state index contributed by atoms with van der Waals surface area (Å²) in [6.07, 6.45) is -3.39. The van der Waals surface area contributed by atoms with E-state index in [1.807, 2.05) is 0 Å². The van der Waals surface area contributed by atoms with Gasteiger partial charge in [0.15, 0.2) is 5.70 Å². The first kappa shape index (κ1) is 19.2. The third-order valence-corrected chi connectivity index (χ3v) is 3.49. The molecule has 0 saturated carbocycles. The lowest BCUT2D eigenvalue weighted by Crippen LogP contribution is -2.16. The van der Waals surface area contributed by atoms with Gasteiger partial charge in [0.2, 0.25) is 11.8 Å². The minimum atomic E-state index is -4.77. The summed E-state index contributed by atoms with van der Waals surface area (Å²) in [6, 6.07) is 11.5. The Morgan fingerprint density at radius 1 is 1.11 bits per heavy atom. The van der Waals surface area contributed by atoms with Crippen LogP contribution in [0.2, 0.25) is 0 Å². The maximum absolute atomic E-state index is 12.2. The summed E-state index contributed by atoms with van der Waals surface area (Å²) in [6.45, 7) is 1.38. The lowest BCUT2D eigenvalue weighted by Gasteiger charge is -2.08. The van der Waals surface area contributed by atoms with Gasteiger partial charge in [0.1, 0.15) is 5.75 Å². The predicted molar refractivity (Wildman–Crippen MR) is 94.5 cm³/mol. The highest BCUT2D eigenvalue weighted by atomic mass is 19.4. The van der Waals surface area contributed by atoms with Crippen LogP contribution in [0.1, 0.15) is 18.1 Å². The number of ether oxygens (including phenoxy) is 2. The van der Waals surface area contributed by atoms with Gasteiger partial charge in [-0.05, 0) is 48.0 Å². The van der Waals surface area contributed by atoms with E-state index in [4.69, 9.17) is 4.74 Å². The number of esters is 1. The Morgan fingerprint density at radius 3 is 2.32 bits per heavy atom. The molecule has 0 radical (unpaired) electrons. The van der Waals surface area contributed by atoms with Crippen molar-refractivity contribution in [1.82, 2.24) is 0 Å². The van der Waals surface area contributed by atoms with Crippen LogP contribution in [-0.4, -0.2) is 24.1 Å². The summed E-state index contributed by atoms with van der Waals surface area (Å²) in [5, 5.41) is 2.61. The van der Waals surface area contributed by atoms with Gasteiger partial charge in [0.05, 0.1) is 0 Å². The summed E-state index contributed by atoms with van der Waals surface area (Å²) in [7, 11) is 0. The van der Waals surface area contributed by atoms with Crippen molar-refractivity contribution in [2.24, 2.45) is 4.99 Å². The molecule has 0 spiro atoms. The Hall–Kier alpha value is -3.62. The number of carbonyl (C=O) groups excluding carboxylic acids is 2. The number of alkyl halides is 3. The van der Waals surface area contributed by atoms with Crippen molar-refractivity contribution in [3.63, 3.8) is 0 Å². The van der Waals surface area contributed by atoms with Gasteiger partial charge in [-0.3, -0.25) is 4.79 Å². The number of anilines is 1. The van der Waals surface area contributed by atoms with E-state index in [1.165, 1.54) is 25.1 Å². The molecule has 6 nitrogen and oxygen atoms in total. The molecule has 0 aliphatic carbocycles. The number of rotatable bonds is 4. The quantitative estimate of drug-likeness (QED) is 0.635. The highest BCUT2D eigenvalue weighted by molar-refractivity contribution is 6.13. The fraction of sp³-hybridized carbons (Fsp3) is 0.105. The topological polar surface area (TPSA) is 77.0 Å². The van der Waals surface area contributed by atoms with E-state index in [-0.39, 0.29) is 23.3 Å². The van der Waals surface area contributed by atoms with Crippen molar-refractivity contribution >= 4 is 29.5 Å². The highest BCUT2D eigenvalue weighted by Gasteiger charge is 2.31. The second-order valence-corrected chi connectivity index (χ2v) is 5.71. The average Bonchev–Trinajstić information content (AvgIpc) is 2.96. The van der Waals surface area contributed by atoms with E-state index in [9.17, 15) is 22.8 Å². The fourth-order valence-electron chi connectivity index (χ4n) is 2.36. The van der Waals surface area contributed by atoms with Crippen molar-refractivity contribution in [3.05, 3.63) is 65.4 Å². The summed E-state index contributed by atoms with van der Waals surface area (Å²) >= 11 is 0. The number of hydrogen-bond acceptors (Lipinski definition) is 5. The van der Waals surface area contributed by atoms with E-state index >= 15 is 0 Å². The molecule has 0 atom stereocenters. The van der Waals surface area contributed by atoms with Gasteiger partial charge in [-0.2, -0.15) is 0 Å². The molecular weight excluding hydrogens is 377 g/mol. The first-order valence-corrected chi connectivity index (χ1v) is 7.96. The monoisotopic (exact) mass is 390 g/mol. The van der Waals surface area contributed by atoms with E-state index < -0.39 is 12.3 Å². The predicted octanol–water partition coefficient (Wildman–Crippen LogP) is 3.89. The van der Waals surface area contributed by atoms with Crippen molar-refractivity contribution in [3.8, 4) is 5.75 Å². The molecule has 0 unspecified atom stereocenters. The number of nitrogens with one attached hydrogen (secondary N) is 1. The number of carbonyl (C=O) groups is 2. The first-order chi connectivity index (χ1) is 13.2. The zero-order chi connectivity index (χ0) is 20.3. The van der Waals surface area contributed by atoms with Crippen LogP contribution < -0.4 is 10.1 Å². The SMILES string of the molecule is CC(=O)Nc1ccc(C2=N/C(=C\c3ccc(OC(F)(F)F)cc3)C(=O)O2)cc1. The van der Waals surface area contributed by atoms with Crippen molar-refractivity contribution in [1.29, 1.82) is 0 Å². The van der Waals surface area contributed by atoms with E-state index in [2.05, 4.69) is 15.0 Å². The normalized spacial score (nSPS) is 15.2. The summed E-state index contributed by atoms with van der Waals surface area (Å²) in [5.41, 5.74) is 1.57. The zero-order valence-corrected chi connectivity index (χ0v) is 14.4. The Kier molecular flexibility index (Phi) is 5.16. The van der Waals surface area contributed by atoms with Gasteiger partial charge in [-0.1, -0.05) is 12.1 Å². The van der Waals surface area contributed by atoms with E-state index in [0.717, 1.165) is 12.1 Å². The molecule has 2 aromatic carbocycles. The maximum Gasteiger partial charge on any atom is 0.573 e. The Balaban J connectivity index is 1.76. The minimum Gasteiger partial charge on any atom is -0.406 e. The Labute approximate surface area is 157 Å². The molecule has 1 amide bonds. The number of aliphatic imine (C=N–C) groups is 1. The molecule has 2 aromatic rings. The van der Waals surface area contributed by atoms with E-state index in [1.54, 1.807) is 24.3 Å². The molecule has 3 rings (SSSR count). The van der Waals surface area contributed by atoms with Crippen LogP contribution in [-0.2, 0) is 14.3 Å². The molecule has 0 saturated heterocycles. The number of hydrogen-bond donors (Lipinski definition) is 1. The second-order valence-electron chi connectivity index (χ2n) is 5.71. The lowest BCUT2D eigenvalue weighted by molar-refractivity contribution is -0.274. The third-order valence-electron chi connectivity index (χ3n) is 3.49. The van der Waals surface area contributed by atoms with Gasteiger partial charge in [-0.15, -0.1) is 13.2 Å². The standard InChI is InChI=1S/C19H13F3N2O4/c1-11(25)23-14-6-4-13(5-7-14)17-24-16(18(26)27-17)10-12-2-8-15(9-3-12)28-19(20,21)22/h2-10H,1H3,(H,23,25)/b16-10-. The van der Waals surface area contributed by atoms with Crippen LogP contribution in [0.15, 0.2) is 59.2 Å². The number of halogens is 3. The molecule has 1 N–H and O–H groups in total. The largest absolute Gasteiger partial charge is 0.573 e. The summed E-state index contributed by atoms with van der Waals surface area (Å²) < 4.78 is 45.5. The number of nitrogens with zero attached hydrogens (tertiary/aromatic N) is 1. The van der Waals surface area contributed by atoms with Gasteiger partial charge >= 0.3 is 12.3 Å². The summed E-state index contributed by atoms with van der Waals surface area (Å²) in [4.78, 5) is 27.1. The molecular formula is C19H13F3N2O4. The fourth-order valence-corrected chi connectivity index (χ4v) is 2.36. The first-order valence-electron chi connectivity index (χ1n) is 7.96. The molecule has 1 aliphatic rings. The van der Waals surface area contributed by atoms with Gasteiger partial charge in [0.25, 0.3) is 0 Å². The Morgan fingerprint density at radius 2 is 1.75 bits per heavy atom. The highest BCUT2D eigenvalue weighted by Crippen LogP contribution is 2.24. The van der Waals surface area contributed by atoms with Crippen LogP contribution in [0, 0.1) is 0 Å². The van der Waals surface area contributed by atoms with Gasteiger partial charge in [0, 0.05) is 18.2 Å². The number of cyclic esters (lactones) is 1. The Bertz CT molecular complexity index is 962. The van der Waals surface area contributed by atoms with Gasteiger partial charge in [-0.25, -0.2) is 9.79 Å². The number of benzene rings is 2. The smallest absolute Gasteiger partial charge is 0.406 e. The average molecular weight is 390 g/mol. The van der Waals surface area contributed by atoms with Crippen LogP contribution in [0.25, 0.3) is 6.08 Å². The van der Waals surface area contributed by atoms with Crippen molar-refractivity contribution in [2.45, 2.75) is 13.3 Å². The van der Waals surface area contributed by atoms with Crippen LogP contribution in [0.5, 0.6) is 5.75 Å². The number of amides is 1. The van der Waals surface area contributed by atoms with Crippen molar-refractivity contribution in [2.75, 3.05) is 5.32 Å². The second kappa shape index (κ2) is 7.55. The van der Waals surface area contributed by atoms with Crippen molar-refractivity contribution < 1.29 is 32.2 Å². The molecule has 0 bridgehead atoms. The van der Waals surface area contributed by atoms with E-state index in [0.29, 0.717) is 16.8 Å². The van der Waals surface area contributed by atoms with Gasteiger partial charge < -0.3 is 14.8 Å². The van der Waals surface area contributed by atoms with Crippen LogP contribution >= 0.6 is 0 Å². The molecule has 0 fully saturated rings. The maximum atomic E-state index is 12.2. The molecule has 144 valence electrons. The van der Waals surface area contributed by atoms with Crippen LogP contribution in [0.4, 0.5) is 18.9 Å². The summed E-state index contributed by atoms with van der Waals surface area (Å²) in [5.74, 6) is -1.18. The minimum absolute atomic E-state index is 0.00503. The third kappa shape index (κ3) is 4.97.